The van der Waals surface area contributed by atoms with Crippen LogP contribution in [0.1, 0.15) is 36.5 Å². The Morgan fingerprint density at radius 2 is 2.09 bits per heavy atom. The molecule has 1 aromatic rings. The number of esters is 1. The van der Waals surface area contributed by atoms with Crippen molar-refractivity contribution in [3.05, 3.63) is 33.9 Å². The molecule has 116 valence electrons. The molecule has 0 aromatic heterocycles. The van der Waals surface area contributed by atoms with Crippen LogP contribution in [0.3, 0.4) is 0 Å². The summed E-state index contributed by atoms with van der Waals surface area (Å²) in [5, 5.41) is 19.9. The van der Waals surface area contributed by atoms with Gasteiger partial charge in [-0.1, -0.05) is 0 Å². The van der Waals surface area contributed by atoms with E-state index >= 15 is 0 Å². The summed E-state index contributed by atoms with van der Waals surface area (Å²) in [6, 6.07) is 6.08. The van der Waals surface area contributed by atoms with E-state index in [-0.39, 0.29) is 11.3 Å². The Kier molecular flexibility index (Phi) is 4.94. The molecule has 0 N–H and O–H groups in total. The summed E-state index contributed by atoms with van der Waals surface area (Å²) >= 11 is 0. The summed E-state index contributed by atoms with van der Waals surface area (Å²) in [6.45, 7) is 2.99. The largest absolute Gasteiger partial charge is 0.444 e. The minimum Gasteiger partial charge on any atom is -0.444 e. The molecular formula is C15H17N3O4. The molecule has 1 aliphatic rings. The highest BCUT2D eigenvalue weighted by Crippen LogP contribution is 2.31. The number of hydrogen-bond acceptors (Lipinski definition) is 6. The fourth-order valence-electron chi connectivity index (χ4n) is 2.45. The van der Waals surface area contributed by atoms with Crippen molar-refractivity contribution >= 4 is 17.3 Å². The fraction of sp³-hybridized carbons (Fsp3) is 0.467. The molecule has 1 saturated heterocycles. The number of carbonyl (C=O) groups is 1. The molecular weight excluding hydrogens is 286 g/mol. The molecule has 2 rings (SSSR count). The highest BCUT2D eigenvalue weighted by molar-refractivity contribution is 5.91. The molecule has 1 atom stereocenters. The average molecular weight is 303 g/mol. The zero-order chi connectivity index (χ0) is 16.1. The van der Waals surface area contributed by atoms with Gasteiger partial charge in [0.1, 0.15) is 11.8 Å². The van der Waals surface area contributed by atoms with Crippen molar-refractivity contribution in [1.82, 2.24) is 0 Å². The van der Waals surface area contributed by atoms with Crippen LogP contribution in [0.15, 0.2) is 18.2 Å². The van der Waals surface area contributed by atoms with E-state index in [0.29, 0.717) is 5.69 Å². The van der Waals surface area contributed by atoms with Gasteiger partial charge in [0.25, 0.3) is 5.69 Å². The molecule has 1 fully saturated rings. The Morgan fingerprint density at radius 3 is 2.68 bits per heavy atom. The Labute approximate surface area is 128 Å². The number of carbonyl (C=O) groups excluding carboxylic acids is 1. The predicted octanol–water partition coefficient (Wildman–Crippen LogP) is 2.65. The van der Waals surface area contributed by atoms with Crippen molar-refractivity contribution in [1.29, 1.82) is 5.26 Å². The fourth-order valence-corrected chi connectivity index (χ4v) is 2.45. The maximum absolute atomic E-state index is 11.9. The summed E-state index contributed by atoms with van der Waals surface area (Å²) in [5.74, 6) is -0.734. The molecule has 0 spiro atoms. The van der Waals surface area contributed by atoms with Gasteiger partial charge in [-0.15, -0.1) is 0 Å². The molecule has 0 unspecified atom stereocenters. The van der Waals surface area contributed by atoms with Crippen molar-refractivity contribution in [3.63, 3.8) is 0 Å². The molecule has 1 heterocycles. The lowest BCUT2D eigenvalue weighted by Gasteiger charge is -2.28. The van der Waals surface area contributed by atoms with E-state index in [1.807, 2.05) is 4.90 Å². The summed E-state index contributed by atoms with van der Waals surface area (Å²) in [7, 11) is 0. The Hall–Kier alpha value is -2.62. The van der Waals surface area contributed by atoms with Gasteiger partial charge in [0.15, 0.2) is 6.10 Å². The van der Waals surface area contributed by atoms with Gasteiger partial charge in [-0.25, -0.2) is 4.79 Å². The van der Waals surface area contributed by atoms with Crippen LogP contribution in [-0.2, 0) is 4.74 Å². The lowest BCUT2D eigenvalue weighted by atomic mass is 10.1. The number of rotatable bonds is 4. The molecule has 1 aliphatic heterocycles. The van der Waals surface area contributed by atoms with Crippen LogP contribution < -0.4 is 4.90 Å². The number of nitro groups is 1. The third-order valence-electron chi connectivity index (χ3n) is 3.57. The third-order valence-corrected chi connectivity index (χ3v) is 3.57. The SMILES string of the molecule is C[C@@H](C#N)OC(=O)c1ccc(N2CCCCC2)c([N+](=O)[O-])c1. The first-order valence-corrected chi connectivity index (χ1v) is 7.17. The van der Waals surface area contributed by atoms with E-state index in [0.717, 1.165) is 32.4 Å². The number of nitrogens with zero attached hydrogens (tertiary/aromatic N) is 3. The summed E-state index contributed by atoms with van der Waals surface area (Å²) in [6.07, 6.45) is 2.23. The van der Waals surface area contributed by atoms with Crippen molar-refractivity contribution in [2.45, 2.75) is 32.3 Å². The Morgan fingerprint density at radius 1 is 1.41 bits per heavy atom. The van der Waals surface area contributed by atoms with E-state index in [9.17, 15) is 14.9 Å². The monoisotopic (exact) mass is 303 g/mol. The van der Waals surface area contributed by atoms with Crippen molar-refractivity contribution in [2.24, 2.45) is 0 Å². The van der Waals surface area contributed by atoms with Gasteiger partial charge in [-0.3, -0.25) is 10.1 Å². The Bertz CT molecular complexity index is 618. The molecule has 1 aromatic carbocycles. The zero-order valence-corrected chi connectivity index (χ0v) is 12.3. The summed E-state index contributed by atoms with van der Waals surface area (Å²) in [5.41, 5.74) is 0.491. The van der Waals surface area contributed by atoms with E-state index in [4.69, 9.17) is 10.00 Å². The second-order valence-electron chi connectivity index (χ2n) is 5.18. The standard InChI is InChI=1S/C15H17N3O4/c1-11(10-16)22-15(19)12-5-6-13(14(9-12)18(20)21)17-7-3-2-4-8-17/h5-6,9,11H,2-4,7-8H2,1H3/t11-/m0/s1. The summed E-state index contributed by atoms with van der Waals surface area (Å²) in [4.78, 5) is 24.6. The lowest BCUT2D eigenvalue weighted by Crippen LogP contribution is -2.30. The van der Waals surface area contributed by atoms with Gasteiger partial charge in [-0.05, 0) is 38.3 Å². The normalized spacial score (nSPS) is 15.7. The van der Waals surface area contributed by atoms with Crippen LogP contribution in [-0.4, -0.2) is 30.1 Å². The average Bonchev–Trinajstić information content (AvgIpc) is 2.54. The van der Waals surface area contributed by atoms with Gasteiger partial charge >= 0.3 is 5.97 Å². The van der Waals surface area contributed by atoms with Crippen LogP contribution in [0.4, 0.5) is 11.4 Å². The molecule has 0 amide bonds. The first-order chi connectivity index (χ1) is 10.5. The molecule has 0 aliphatic carbocycles. The number of anilines is 1. The molecule has 7 nitrogen and oxygen atoms in total. The molecule has 0 bridgehead atoms. The van der Waals surface area contributed by atoms with Crippen molar-refractivity contribution in [2.75, 3.05) is 18.0 Å². The number of ether oxygens (including phenoxy) is 1. The first-order valence-electron chi connectivity index (χ1n) is 7.17. The van der Waals surface area contributed by atoms with E-state index in [1.54, 1.807) is 12.1 Å². The van der Waals surface area contributed by atoms with Crippen molar-refractivity contribution in [3.8, 4) is 6.07 Å². The van der Waals surface area contributed by atoms with Crippen LogP contribution >= 0.6 is 0 Å². The third kappa shape index (κ3) is 3.52. The molecule has 22 heavy (non-hydrogen) atoms. The van der Waals surface area contributed by atoms with Crippen LogP contribution in [0.5, 0.6) is 0 Å². The first kappa shape index (κ1) is 15.8. The summed E-state index contributed by atoms with van der Waals surface area (Å²) < 4.78 is 4.87. The highest BCUT2D eigenvalue weighted by atomic mass is 16.6. The topological polar surface area (TPSA) is 96.5 Å². The van der Waals surface area contributed by atoms with Crippen LogP contribution in [0.2, 0.25) is 0 Å². The van der Waals surface area contributed by atoms with Crippen LogP contribution in [0, 0.1) is 21.4 Å². The lowest BCUT2D eigenvalue weighted by molar-refractivity contribution is -0.384. The number of nitro benzene ring substituents is 1. The molecule has 0 saturated carbocycles. The maximum atomic E-state index is 11.9. The molecule has 0 radical (unpaired) electrons. The van der Waals surface area contributed by atoms with E-state index in [1.165, 1.54) is 19.1 Å². The van der Waals surface area contributed by atoms with Gasteiger partial charge in [-0.2, -0.15) is 5.26 Å². The highest BCUT2D eigenvalue weighted by Gasteiger charge is 2.24. The predicted molar refractivity (Wildman–Crippen MR) is 79.7 cm³/mol. The van der Waals surface area contributed by atoms with Gasteiger partial charge in [0.05, 0.1) is 10.5 Å². The molecule has 7 heteroatoms. The minimum atomic E-state index is -0.895. The number of nitriles is 1. The number of benzene rings is 1. The van der Waals surface area contributed by atoms with E-state index in [2.05, 4.69) is 0 Å². The van der Waals surface area contributed by atoms with Crippen LogP contribution in [0.25, 0.3) is 0 Å². The second-order valence-corrected chi connectivity index (χ2v) is 5.18. The van der Waals surface area contributed by atoms with Crippen molar-refractivity contribution < 1.29 is 14.5 Å². The number of piperidine rings is 1. The van der Waals surface area contributed by atoms with Gasteiger partial charge < -0.3 is 9.64 Å². The minimum absolute atomic E-state index is 0.0783. The maximum Gasteiger partial charge on any atom is 0.339 e. The van der Waals surface area contributed by atoms with Gasteiger partial charge in [0, 0.05) is 19.2 Å². The van der Waals surface area contributed by atoms with E-state index < -0.39 is 17.0 Å². The smallest absolute Gasteiger partial charge is 0.339 e. The Balaban J connectivity index is 2.29. The zero-order valence-electron chi connectivity index (χ0n) is 12.3. The quantitative estimate of drug-likeness (QED) is 0.482. The second kappa shape index (κ2) is 6.89. The van der Waals surface area contributed by atoms with Gasteiger partial charge in [0.2, 0.25) is 0 Å². The number of hydrogen-bond donors (Lipinski definition) is 0.